The maximum Gasteiger partial charge on any atom is 0.237 e. The third-order valence-corrected chi connectivity index (χ3v) is 2.24. The van der Waals surface area contributed by atoms with Gasteiger partial charge in [-0.3, -0.25) is 4.79 Å². The molecular weight excluding hydrogens is 206 g/mol. The van der Waals surface area contributed by atoms with Crippen molar-refractivity contribution in [1.82, 2.24) is 10.2 Å². The Kier molecular flexibility index (Phi) is 6.55. The number of carbonyl (C=O) groups excluding carboxylic acids is 1. The van der Waals surface area contributed by atoms with Crippen molar-refractivity contribution in [2.24, 2.45) is 5.73 Å². The first-order valence-electron chi connectivity index (χ1n) is 5.69. The van der Waals surface area contributed by atoms with Gasteiger partial charge in [0.15, 0.2) is 0 Å². The Morgan fingerprint density at radius 2 is 2.12 bits per heavy atom. The minimum atomic E-state index is -0.926. The monoisotopic (exact) mass is 231 g/mol. The van der Waals surface area contributed by atoms with Crippen LogP contribution < -0.4 is 11.1 Å². The van der Waals surface area contributed by atoms with E-state index in [4.69, 9.17) is 5.73 Å². The van der Waals surface area contributed by atoms with Gasteiger partial charge in [-0.25, -0.2) is 0 Å². The zero-order chi connectivity index (χ0) is 12.8. The van der Waals surface area contributed by atoms with Crippen LogP contribution in [0.25, 0.3) is 0 Å². The minimum Gasteiger partial charge on any atom is -0.387 e. The van der Waals surface area contributed by atoms with Crippen molar-refractivity contribution >= 4 is 5.91 Å². The fourth-order valence-electron chi connectivity index (χ4n) is 1.59. The largest absolute Gasteiger partial charge is 0.387 e. The summed E-state index contributed by atoms with van der Waals surface area (Å²) in [6, 6.07) is -0.472. The minimum absolute atomic E-state index is 0.194. The first-order chi connectivity index (χ1) is 7.28. The molecule has 0 bridgehead atoms. The number of nitrogens with one attached hydrogen (secondary N) is 1. The van der Waals surface area contributed by atoms with E-state index in [-0.39, 0.29) is 12.5 Å². The number of amides is 1. The lowest BCUT2D eigenvalue weighted by atomic mass is 10.1. The Morgan fingerprint density at radius 3 is 2.56 bits per heavy atom. The smallest absolute Gasteiger partial charge is 0.237 e. The molecule has 16 heavy (non-hydrogen) atoms. The summed E-state index contributed by atoms with van der Waals surface area (Å²) in [6.45, 7) is 4.39. The first kappa shape index (κ1) is 15.3. The molecule has 4 N–H and O–H groups in total. The maximum absolute atomic E-state index is 11.5. The lowest BCUT2D eigenvalue weighted by molar-refractivity contribution is -0.123. The molecule has 0 aromatic carbocycles. The number of hydrogen-bond donors (Lipinski definition) is 3. The molecule has 2 atom stereocenters. The van der Waals surface area contributed by atoms with Gasteiger partial charge < -0.3 is 21.1 Å². The van der Waals surface area contributed by atoms with E-state index in [2.05, 4.69) is 5.32 Å². The van der Waals surface area contributed by atoms with Gasteiger partial charge in [0.2, 0.25) is 5.91 Å². The molecule has 0 fully saturated rings. The molecule has 5 heteroatoms. The van der Waals surface area contributed by atoms with E-state index in [1.165, 1.54) is 0 Å². The molecule has 0 saturated heterocycles. The fourth-order valence-corrected chi connectivity index (χ4v) is 1.59. The molecule has 0 heterocycles. The highest BCUT2D eigenvalue weighted by Gasteiger charge is 2.23. The van der Waals surface area contributed by atoms with Crippen LogP contribution in [0.2, 0.25) is 0 Å². The van der Waals surface area contributed by atoms with Crippen LogP contribution >= 0.6 is 0 Å². The van der Waals surface area contributed by atoms with Gasteiger partial charge in [0.05, 0.1) is 11.6 Å². The highest BCUT2D eigenvalue weighted by molar-refractivity contribution is 5.81. The standard InChI is InChI=1S/C11H25N3O2/c1-5-6-9(12)10(15)13-7-11(2,16)8-14(3)4/h9,16H,5-8,12H2,1-4H3,(H,13,15)/t9-,11?/m1/s1. The summed E-state index contributed by atoms with van der Waals surface area (Å²) in [5, 5.41) is 12.6. The van der Waals surface area contributed by atoms with Gasteiger partial charge in [-0.2, -0.15) is 0 Å². The van der Waals surface area contributed by atoms with E-state index in [0.717, 1.165) is 6.42 Å². The summed E-state index contributed by atoms with van der Waals surface area (Å²) in [5.74, 6) is -0.194. The van der Waals surface area contributed by atoms with E-state index in [0.29, 0.717) is 13.0 Å². The third kappa shape index (κ3) is 6.76. The number of hydrogen-bond acceptors (Lipinski definition) is 4. The molecule has 0 aromatic rings. The Bertz CT molecular complexity index is 217. The van der Waals surface area contributed by atoms with Crippen LogP contribution in [0.4, 0.5) is 0 Å². The fraction of sp³-hybridized carbons (Fsp3) is 0.909. The van der Waals surface area contributed by atoms with Crippen LogP contribution in [0.5, 0.6) is 0 Å². The molecule has 0 spiro atoms. The van der Waals surface area contributed by atoms with Gasteiger partial charge >= 0.3 is 0 Å². The molecule has 0 aromatic heterocycles. The van der Waals surface area contributed by atoms with Gasteiger partial charge in [0.25, 0.3) is 0 Å². The van der Waals surface area contributed by atoms with Crippen molar-refractivity contribution in [2.45, 2.75) is 38.3 Å². The number of nitrogens with zero attached hydrogens (tertiary/aromatic N) is 1. The van der Waals surface area contributed by atoms with Crippen molar-refractivity contribution in [3.63, 3.8) is 0 Å². The average molecular weight is 231 g/mol. The second-order valence-corrected chi connectivity index (χ2v) is 4.85. The zero-order valence-corrected chi connectivity index (χ0v) is 10.8. The van der Waals surface area contributed by atoms with Crippen LogP contribution in [-0.2, 0) is 4.79 Å². The Balaban J connectivity index is 3.99. The van der Waals surface area contributed by atoms with Crippen LogP contribution in [0.3, 0.4) is 0 Å². The van der Waals surface area contributed by atoms with E-state index in [1.54, 1.807) is 6.92 Å². The topological polar surface area (TPSA) is 78.6 Å². The van der Waals surface area contributed by atoms with Crippen LogP contribution in [0.1, 0.15) is 26.7 Å². The van der Waals surface area contributed by atoms with Gasteiger partial charge in [-0.15, -0.1) is 0 Å². The summed E-state index contributed by atoms with van der Waals surface area (Å²) in [7, 11) is 3.75. The molecular formula is C11H25N3O2. The summed E-state index contributed by atoms with van der Waals surface area (Å²) in [4.78, 5) is 13.4. The quantitative estimate of drug-likeness (QED) is 0.554. The number of carbonyl (C=O) groups is 1. The van der Waals surface area contributed by atoms with Crippen molar-refractivity contribution < 1.29 is 9.90 Å². The van der Waals surface area contributed by atoms with Crippen molar-refractivity contribution in [3.8, 4) is 0 Å². The summed E-state index contributed by atoms with van der Waals surface area (Å²) < 4.78 is 0. The van der Waals surface area contributed by atoms with E-state index in [1.807, 2.05) is 25.9 Å². The van der Waals surface area contributed by atoms with Gasteiger partial charge in [-0.1, -0.05) is 13.3 Å². The van der Waals surface area contributed by atoms with Gasteiger partial charge in [0, 0.05) is 13.1 Å². The molecule has 96 valence electrons. The summed E-state index contributed by atoms with van der Waals surface area (Å²) >= 11 is 0. The molecule has 5 nitrogen and oxygen atoms in total. The number of likely N-dealkylation sites (N-methyl/N-ethyl adjacent to an activating group) is 1. The van der Waals surface area contributed by atoms with Crippen molar-refractivity contribution in [2.75, 3.05) is 27.2 Å². The molecule has 0 radical (unpaired) electrons. The Labute approximate surface area is 98.0 Å². The maximum atomic E-state index is 11.5. The second-order valence-electron chi connectivity index (χ2n) is 4.85. The lowest BCUT2D eigenvalue weighted by Crippen LogP contribution is -2.50. The molecule has 0 aliphatic heterocycles. The predicted octanol–water partition coefficient (Wildman–Crippen LogP) is -0.457. The van der Waals surface area contributed by atoms with Crippen LogP contribution in [0, 0.1) is 0 Å². The van der Waals surface area contributed by atoms with Crippen molar-refractivity contribution in [1.29, 1.82) is 0 Å². The highest BCUT2D eigenvalue weighted by Crippen LogP contribution is 2.03. The first-order valence-corrected chi connectivity index (χ1v) is 5.69. The normalized spacial score (nSPS) is 16.9. The highest BCUT2D eigenvalue weighted by atomic mass is 16.3. The number of rotatable bonds is 7. The summed E-state index contributed by atoms with van der Waals surface area (Å²) in [6.07, 6.45) is 1.55. The SMILES string of the molecule is CCC[C@@H](N)C(=O)NCC(C)(O)CN(C)C. The van der Waals surface area contributed by atoms with Crippen molar-refractivity contribution in [3.05, 3.63) is 0 Å². The zero-order valence-electron chi connectivity index (χ0n) is 10.8. The molecule has 0 aliphatic carbocycles. The Hall–Kier alpha value is -0.650. The second kappa shape index (κ2) is 6.83. The summed E-state index contributed by atoms with van der Waals surface area (Å²) in [5.41, 5.74) is 4.73. The number of aliphatic hydroxyl groups is 1. The number of nitrogens with two attached hydrogens (primary N) is 1. The van der Waals surface area contributed by atoms with E-state index in [9.17, 15) is 9.90 Å². The molecule has 1 unspecified atom stereocenters. The Morgan fingerprint density at radius 1 is 1.56 bits per heavy atom. The van der Waals surface area contributed by atoms with Gasteiger partial charge in [-0.05, 0) is 27.4 Å². The predicted molar refractivity (Wildman–Crippen MR) is 65.1 cm³/mol. The van der Waals surface area contributed by atoms with Crippen LogP contribution in [0.15, 0.2) is 0 Å². The average Bonchev–Trinajstić information content (AvgIpc) is 2.12. The molecule has 0 saturated carbocycles. The lowest BCUT2D eigenvalue weighted by Gasteiger charge is -2.27. The third-order valence-electron chi connectivity index (χ3n) is 2.24. The van der Waals surface area contributed by atoms with E-state index < -0.39 is 11.6 Å². The van der Waals surface area contributed by atoms with E-state index >= 15 is 0 Å². The molecule has 0 rings (SSSR count). The van der Waals surface area contributed by atoms with Crippen LogP contribution in [-0.4, -0.2) is 54.7 Å². The van der Waals surface area contributed by atoms with Gasteiger partial charge in [0.1, 0.15) is 0 Å². The molecule has 0 aliphatic rings. The molecule has 1 amide bonds.